The number of carbonyl (C=O) groups excluding carboxylic acids is 1. The molecule has 1 N–H and O–H groups in total. The van der Waals surface area contributed by atoms with Gasteiger partial charge in [0.1, 0.15) is 0 Å². The summed E-state index contributed by atoms with van der Waals surface area (Å²) in [4.78, 5) is 26.9. The number of nitrogens with zero attached hydrogens (tertiary/aromatic N) is 2. The molecule has 0 aromatic heterocycles. The quantitative estimate of drug-likeness (QED) is 0.919. The van der Waals surface area contributed by atoms with Gasteiger partial charge in [-0.1, -0.05) is 18.2 Å². The van der Waals surface area contributed by atoms with E-state index in [2.05, 4.69) is 0 Å². The number of para-hydroxylation sites is 1. The fraction of sp³-hybridized carbons (Fsp3) is 0.467. The van der Waals surface area contributed by atoms with Crippen LogP contribution in [-0.4, -0.2) is 41.6 Å². The van der Waals surface area contributed by atoms with Crippen LogP contribution in [0.15, 0.2) is 24.3 Å². The van der Waals surface area contributed by atoms with Gasteiger partial charge in [-0.3, -0.25) is 9.69 Å². The van der Waals surface area contributed by atoms with Crippen LogP contribution < -0.4 is 4.90 Å². The Balaban J connectivity index is 2.29. The van der Waals surface area contributed by atoms with E-state index in [9.17, 15) is 9.59 Å². The van der Waals surface area contributed by atoms with E-state index in [0.29, 0.717) is 19.6 Å². The van der Waals surface area contributed by atoms with Gasteiger partial charge in [-0.15, -0.1) is 0 Å². The minimum Gasteiger partial charge on any atom is -0.481 e. The second-order valence-corrected chi connectivity index (χ2v) is 4.92. The van der Waals surface area contributed by atoms with E-state index in [0.717, 1.165) is 11.3 Å². The summed E-state index contributed by atoms with van der Waals surface area (Å²) in [5, 5.41) is 9.01. The predicted molar refractivity (Wildman–Crippen MR) is 77.1 cm³/mol. The van der Waals surface area contributed by atoms with Crippen molar-refractivity contribution in [2.75, 3.05) is 24.5 Å². The summed E-state index contributed by atoms with van der Waals surface area (Å²) in [7, 11) is 0. The topological polar surface area (TPSA) is 60.9 Å². The van der Waals surface area contributed by atoms with Gasteiger partial charge < -0.3 is 10.0 Å². The van der Waals surface area contributed by atoms with Crippen molar-refractivity contribution in [3.8, 4) is 0 Å². The molecule has 2 rings (SSSR count). The van der Waals surface area contributed by atoms with Gasteiger partial charge in [0.15, 0.2) is 0 Å². The molecule has 20 heavy (non-hydrogen) atoms. The first kappa shape index (κ1) is 14.4. The predicted octanol–water partition coefficient (Wildman–Crippen LogP) is 2.53. The van der Waals surface area contributed by atoms with Crippen LogP contribution in [0.25, 0.3) is 0 Å². The molecule has 0 aliphatic carbocycles. The first-order valence-corrected chi connectivity index (χ1v) is 6.95. The van der Waals surface area contributed by atoms with Crippen LogP contribution in [-0.2, 0) is 4.79 Å². The molecule has 5 nitrogen and oxygen atoms in total. The van der Waals surface area contributed by atoms with Crippen molar-refractivity contribution >= 4 is 17.7 Å². The molecule has 1 aliphatic rings. The number of amides is 2. The molecule has 108 valence electrons. The Morgan fingerprint density at radius 1 is 1.30 bits per heavy atom. The van der Waals surface area contributed by atoms with Crippen molar-refractivity contribution in [1.29, 1.82) is 0 Å². The number of hydrogen-bond donors (Lipinski definition) is 1. The molecule has 0 spiro atoms. The normalized spacial score (nSPS) is 16.9. The number of benzene rings is 1. The molecule has 5 heteroatoms. The fourth-order valence-corrected chi connectivity index (χ4v) is 2.73. The van der Waals surface area contributed by atoms with Crippen molar-refractivity contribution < 1.29 is 14.7 Å². The number of aliphatic carboxylic acids is 1. The third-order valence-corrected chi connectivity index (χ3v) is 3.76. The Bertz CT molecular complexity index is 512. The maximum Gasteiger partial charge on any atom is 0.324 e. The maximum atomic E-state index is 12.5. The van der Waals surface area contributed by atoms with Gasteiger partial charge in [0.25, 0.3) is 0 Å². The molecule has 0 saturated heterocycles. The Morgan fingerprint density at radius 2 is 1.95 bits per heavy atom. The SMILES string of the molecule is CCN(CC)C(=O)N1CC(CC(=O)O)c2ccccc21. The molecule has 2 amide bonds. The van der Waals surface area contributed by atoms with Crippen LogP contribution in [0.2, 0.25) is 0 Å². The molecule has 1 unspecified atom stereocenters. The summed E-state index contributed by atoms with van der Waals surface area (Å²) in [6.07, 6.45) is 0.0546. The zero-order chi connectivity index (χ0) is 14.7. The van der Waals surface area contributed by atoms with Gasteiger partial charge in [-0.2, -0.15) is 0 Å². The van der Waals surface area contributed by atoms with E-state index < -0.39 is 5.97 Å². The summed E-state index contributed by atoms with van der Waals surface area (Å²) in [5.74, 6) is -0.954. The molecule has 0 bridgehead atoms. The third-order valence-electron chi connectivity index (χ3n) is 3.76. The number of fused-ring (bicyclic) bond motifs is 1. The van der Waals surface area contributed by atoms with Crippen molar-refractivity contribution in [1.82, 2.24) is 4.90 Å². The number of rotatable bonds is 4. The Hall–Kier alpha value is -2.04. The van der Waals surface area contributed by atoms with Gasteiger partial charge in [-0.25, -0.2) is 4.79 Å². The van der Waals surface area contributed by atoms with E-state index in [1.807, 2.05) is 38.1 Å². The molecule has 1 heterocycles. The third kappa shape index (κ3) is 2.61. The monoisotopic (exact) mass is 276 g/mol. The first-order valence-electron chi connectivity index (χ1n) is 6.95. The molecule has 1 atom stereocenters. The average Bonchev–Trinajstić information content (AvgIpc) is 2.78. The van der Waals surface area contributed by atoms with Crippen molar-refractivity contribution in [3.63, 3.8) is 0 Å². The van der Waals surface area contributed by atoms with Crippen LogP contribution >= 0.6 is 0 Å². The van der Waals surface area contributed by atoms with Crippen molar-refractivity contribution in [2.45, 2.75) is 26.2 Å². The Kier molecular flexibility index (Phi) is 4.27. The summed E-state index contributed by atoms with van der Waals surface area (Å²) in [5.41, 5.74) is 1.80. The second kappa shape index (κ2) is 5.94. The lowest BCUT2D eigenvalue weighted by Gasteiger charge is -2.26. The minimum absolute atomic E-state index is 0.0460. The number of carboxylic acid groups (broad SMARTS) is 1. The highest BCUT2D eigenvalue weighted by molar-refractivity contribution is 5.95. The van der Waals surface area contributed by atoms with Crippen LogP contribution in [0.1, 0.15) is 31.7 Å². The van der Waals surface area contributed by atoms with Gasteiger partial charge in [-0.05, 0) is 25.5 Å². The van der Waals surface area contributed by atoms with Crippen molar-refractivity contribution in [2.24, 2.45) is 0 Å². The smallest absolute Gasteiger partial charge is 0.324 e. The molecular formula is C15H20N2O3. The summed E-state index contributed by atoms with van der Waals surface area (Å²) >= 11 is 0. The molecule has 1 aliphatic heterocycles. The van der Waals surface area contributed by atoms with E-state index >= 15 is 0 Å². The maximum absolute atomic E-state index is 12.5. The van der Waals surface area contributed by atoms with Gasteiger partial charge in [0.2, 0.25) is 0 Å². The fourth-order valence-electron chi connectivity index (χ4n) is 2.73. The van der Waals surface area contributed by atoms with Gasteiger partial charge >= 0.3 is 12.0 Å². The number of urea groups is 1. The summed E-state index contributed by atoms with van der Waals surface area (Å²) < 4.78 is 0. The lowest BCUT2D eigenvalue weighted by molar-refractivity contribution is -0.137. The standard InChI is InChI=1S/C15H20N2O3/c1-3-16(4-2)15(20)17-10-11(9-14(18)19)12-7-5-6-8-13(12)17/h5-8,11H,3-4,9-10H2,1-2H3,(H,18,19). The lowest BCUT2D eigenvalue weighted by Crippen LogP contribution is -2.42. The lowest BCUT2D eigenvalue weighted by atomic mass is 9.98. The molecular weight excluding hydrogens is 256 g/mol. The van der Waals surface area contributed by atoms with Crippen LogP contribution in [0.3, 0.4) is 0 Å². The average molecular weight is 276 g/mol. The number of carboxylic acids is 1. The zero-order valence-electron chi connectivity index (χ0n) is 11.9. The highest BCUT2D eigenvalue weighted by Crippen LogP contribution is 2.38. The van der Waals surface area contributed by atoms with E-state index in [1.54, 1.807) is 9.80 Å². The Morgan fingerprint density at radius 3 is 2.55 bits per heavy atom. The van der Waals surface area contributed by atoms with Gasteiger partial charge in [0.05, 0.1) is 6.42 Å². The highest BCUT2D eigenvalue weighted by atomic mass is 16.4. The second-order valence-electron chi connectivity index (χ2n) is 4.92. The van der Waals surface area contributed by atoms with E-state index in [4.69, 9.17) is 5.11 Å². The van der Waals surface area contributed by atoms with Crippen molar-refractivity contribution in [3.05, 3.63) is 29.8 Å². The summed E-state index contributed by atoms with van der Waals surface area (Å²) in [6.45, 7) is 5.63. The molecule has 1 aromatic rings. The van der Waals surface area contributed by atoms with Crippen LogP contribution in [0.5, 0.6) is 0 Å². The zero-order valence-corrected chi connectivity index (χ0v) is 11.9. The summed E-state index contributed by atoms with van der Waals surface area (Å²) in [6, 6.07) is 7.52. The minimum atomic E-state index is -0.832. The van der Waals surface area contributed by atoms with Crippen LogP contribution in [0.4, 0.5) is 10.5 Å². The van der Waals surface area contributed by atoms with Crippen LogP contribution in [0, 0.1) is 0 Å². The van der Waals surface area contributed by atoms with Gasteiger partial charge in [0, 0.05) is 31.2 Å². The molecule has 0 radical (unpaired) electrons. The van der Waals surface area contributed by atoms with E-state index in [-0.39, 0.29) is 18.4 Å². The number of carbonyl (C=O) groups is 2. The van der Waals surface area contributed by atoms with E-state index in [1.165, 1.54) is 0 Å². The molecule has 0 fully saturated rings. The molecule has 0 saturated carbocycles. The number of hydrogen-bond acceptors (Lipinski definition) is 2. The Labute approximate surface area is 118 Å². The molecule has 1 aromatic carbocycles. The largest absolute Gasteiger partial charge is 0.481 e. The highest BCUT2D eigenvalue weighted by Gasteiger charge is 2.34. The first-order chi connectivity index (χ1) is 9.58. The number of anilines is 1.